The van der Waals surface area contributed by atoms with E-state index >= 15 is 0 Å². The van der Waals surface area contributed by atoms with E-state index in [2.05, 4.69) is 52.5 Å². The number of tetrazole rings is 1. The summed E-state index contributed by atoms with van der Waals surface area (Å²) in [6, 6.07) is -6.50. The Balaban J connectivity index is 1.82. The van der Waals surface area contributed by atoms with Crippen LogP contribution in [0.1, 0.15) is 136 Å². The van der Waals surface area contributed by atoms with Gasteiger partial charge in [0.05, 0.1) is 6.42 Å². The molecule has 1 aromatic heterocycles. The van der Waals surface area contributed by atoms with Crippen LogP contribution in [0.2, 0.25) is 0 Å². The molecule has 2 aliphatic carbocycles. The molecule has 0 aliphatic heterocycles. The molecule has 340 valence electrons. The van der Waals surface area contributed by atoms with Crippen molar-refractivity contribution >= 4 is 53.4 Å². The average Bonchev–Trinajstić information content (AvgIpc) is 3.75. The van der Waals surface area contributed by atoms with Gasteiger partial charge >= 0.3 is 17.9 Å². The molecule has 1 aromatic rings. The van der Waals surface area contributed by atoms with Crippen LogP contribution in [0.4, 0.5) is 0 Å². The maximum atomic E-state index is 14.2. The van der Waals surface area contributed by atoms with Gasteiger partial charge in [0.25, 0.3) is 0 Å². The summed E-state index contributed by atoms with van der Waals surface area (Å²) in [5.74, 6) is -8.66. The van der Waals surface area contributed by atoms with Crippen LogP contribution < -0.4 is 31.9 Å². The van der Waals surface area contributed by atoms with Gasteiger partial charge in [0.1, 0.15) is 35.7 Å². The van der Waals surface area contributed by atoms with Crippen molar-refractivity contribution in [3.05, 3.63) is 5.82 Å². The molecule has 0 aromatic carbocycles. The molecule has 22 heteroatoms. The van der Waals surface area contributed by atoms with Crippen LogP contribution in [0, 0.1) is 17.8 Å². The topological polar surface area (TPSA) is 341 Å². The predicted octanol–water partition coefficient (Wildman–Crippen LogP) is 0.386. The lowest BCUT2D eigenvalue weighted by Gasteiger charge is -2.31. The Labute approximate surface area is 353 Å². The van der Waals surface area contributed by atoms with E-state index in [-0.39, 0.29) is 18.3 Å². The largest absolute Gasteiger partial charge is 0.481 e. The quantitative estimate of drug-likeness (QED) is 0.0572. The van der Waals surface area contributed by atoms with Crippen molar-refractivity contribution in [3.63, 3.8) is 0 Å². The molecule has 6 atom stereocenters. The van der Waals surface area contributed by atoms with Crippen LogP contribution >= 0.6 is 0 Å². The number of carbonyl (C=O) groups is 9. The second-order valence-corrected chi connectivity index (χ2v) is 16.6. The lowest BCUT2D eigenvalue weighted by molar-refractivity contribution is -0.140. The highest BCUT2D eigenvalue weighted by Gasteiger charge is 2.50. The van der Waals surface area contributed by atoms with Gasteiger partial charge < -0.3 is 47.2 Å². The molecule has 0 unspecified atom stereocenters. The van der Waals surface area contributed by atoms with E-state index in [9.17, 15) is 53.4 Å². The number of amides is 6. The van der Waals surface area contributed by atoms with E-state index in [1.54, 1.807) is 20.8 Å². The number of rotatable bonds is 27. The molecule has 6 amide bonds. The average molecular weight is 863 g/mol. The number of carbonyl (C=O) groups excluding carboxylic acids is 6. The first-order chi connectivity index (χ1) is 28.8. The van der Waals surface area contributed by atoms with Gasteiger partial charge in [-0.25, -0.2) is 0 Å². The van der Waals surface area contributed by atoms with E-state index in [0.717, 1.165) is 32.1 Å². The van der Waals surface area contributed by atoms with Gasteiger partial charge in [0, 0.05) is 19.3 Å². The summed E-state index contributed by atoms with van der Waals surface area (Å²) < 4.78 is 0. The number of hydrogen-bond donors (Lipinski definition) is 10. The summed E-state index contributed by atoms with van der Waals surface area (Å²) in [6.45, 7) is 7.15. The fourth-order valence-electron chi connectivity index (χ4n) is 7.23. The minimum atomic E-state index is -1.58. The van der Waals surface area contributed by atoms with Gasteiger partial charge in [0.2, 0.25) is 35.4 Å². The zero-order chi connectivity index (χ0) is 45.3. The molecule has 1 heterocycles. The number of carboxylic acid groups (broad SMARTS) is 3. The number of aromatic nitrogens is 4. The Morgan fingerprint density at radius 3 is 1.72 bits per heavy atom. The number of aromatic amines is 1. The zero-order valence-corrected chi connectivity index (χ0v) is 35.3. The number of aliphatic carboxylic acids is 3. The van der Waals surface area contributed by atoms with Crippen LogP contribution in [0.15, 0.2) is 0 Å². The molecule has 2 aliphatic rings. The number of nitrogens with zero attached hydrogens (tertiary/aromatic N) is 3. The van der Waals surface area contributed by atoms with Crippen molar-refractivity contribution in [3.8, 4) is 0 Å². The third-order valence-corrected chi connectivity index (χ3v) is 11.1. The molecule has 0 radical (unpaired) electrons. The van der Waals surface area contributed by atoms with Crippen LogP contribution in [-0.4, -0.2) is 120 Å². The zero-order valence-electron chi connectivity index (χ0n) is 35.3. The molecular weight excluding hydrogens is 800 g/mol. The molecule has 3 rings (SSSR count). The summed E-state index contributed by atoms with van der Waals surface area (Å²) in [6.07, 6.45) is 3.78. The van der Waals surface area contributed by atoms with Crippen molar-refractivity contribution in [1.29, 1.82) is 0 Å². The Hall–Kier alpha value is -5.70. The van der Waals surface area contributed by atoms with Crippen molar-refractivity contribution < 1.29 is 58.5 Å². The Bertz CT molecular complexity index is 1700. The maximum Gasteiger partial charge on any atom is 0.303 e. The van der Waals surface area contributed by atoms with Crippen LogP contribution in [0.25, 0.3) is 0 Å². The van der Waals surface area contributed by atoms with Crippen LogP contribution in [0.3, 0.4) is 0 Å². The van der Waals surface area contributed by atoms with Gasteiger partial charge in [0.15, 0.2) is 5.82 Å². The maximum absolute atomic E-state index is 14.2. The molecule has 0 saturated heterocycles. The smallest absolute Gasteiger partial charge is 0.303 e. The number of carboxylic acids is 3. The molecule has 61 heavy (non-hydrogen) atoms. The van der Waals surface area contributed by atoms with Crippen molar-refractivity contribution in [2.24, 2.45) is 17.8 Å². The molecule has 2 fully saturated rings. The number of hydrogen-bond acceptors (Lipinski definition) is 12. The fraction of sp³-hybridized carbons (Fsp3) is 0.744. The second-order valence-electron chi connectivity index (χ2n) is 16.6. The van der Waals surface area contributed by atoms with Crippen LogP contribution in [-0.2, 0) is 48.7 Å². The summed E-state index contributed by atoms with van der Waals surface area (Å²) in [5.41, 5.74) is -0.802. The summed E-state index contributed by atoms with van der Waals surface area (Å²) >= 11 is 0. The Kier molecular flexibility index (Phi) is 19.5. The number of H-pyrrole nitrogens is 1. The number of nitrogens with one attached hydrogen (secondary N) is 7. The first kappa shape index (κ1) is 49.7. The molecule has 0 spiro atoms. The molecular formula is C39H62N10O12. The van der Waals surface area contributed by atoms with E-state index in [0.29, 0.717) is 31.5 Å². The normalized spacial score (nSPS) is 17.6. The molecule has 22 nitrogen and oxygen atoms in total. The summed E-state index contributed by atoms with van der Waals surface area (Å²) in [7, 11) is 0. The SMILES string of the molecule is CC[C@H](C)[C@H](NC(=O)[C@H](CC(C)C)NC(=O)[C@@H](CCC(=O)O)NC(=O)[C@H](CCC(=O)O)NC(=O)CCC(=O)O)C(=O)N[C@@H](CC1CCCCC1)C(=O)NC1(c2nn[nH]n2)CC1. The second kappa shape index (κ2) is 23.9. The van der Waals surface area contributed by atoms with Crippen molar-refractivity contribution in [2.45, 2.75) is 166 Å². The van der Waals surface area contributed by atoms with Crippen LogP contribution in [0.5, 0.6) is 0 Å². The minimum absolute atomic E-state index is 0.0533. The minimum Gasteiger partial charge on any atom is -0.481 e. The van der Waals surface area contributed by atoms with E-state index in [1.807, 2.05) is 6.92 Å². The summed E-state index contributed by atoms with van der Waals surface area (Å²) in [4.78, 5) is 116. The van der Waals surface area contributed by atoms with Crippen molar-refractivity contribution in [1.82, 2.24) is 52.5 Å². The lowest BCUT2D eigenvalue weighted by atomic mass is 9.84. The molecule has 10 N–H and O–H groups in total. The molecule has 0 bridgehead atoms. The van der Waals surface area contributed by atoms with Gasteiger partial charge in [-0.05, 0) is 56.3 Å². The Morgan fingerprint density at radius 1 is 0.672 bits per heavy atom. The Morgan fingerprint density at radius 2 is 1.21 bits per heavy atom. The van der Waals surface area contributed by atoms with E-state index in [4.69, 9.17) is 5.11 Å². The highest BCUT2D eigenvalue weighted by atomic mass is 16.4. The molecule has 2 saturated carbocycles. The third-order valence-electron chi connectivity index (χ3n) is 11.1. The van der Waals surface area contributed by atoms with E-state index in [1.165, 1.54) is 0 Å². The lowest BCUT2D eigenvalue weighted by Crippen LogP contribution is -2.60. The monoisotopic (exact) mass is 862 g/mol. The summed E-state index contributed by atoms with van der Waals surface area (Å²) in [5, 5.41) is 57.6. The predicted molar refractivity (Wildman–Crippen MR) is 214 cm³/mol. The van der Waals surface area contributed by atoms with Gasteiger partial charge in [-0.2, -0.15) is 5.21 Å². The van der Waals surface area contributed by atoms with Gasteiger partial charge in [-0.3, -0.25) is 43.2 Å². The highest BCUT2D eigenvalue weighted by molar-refractivity contribution is 5.97. The highest BCUT2D eigenvalue weighted by Crippen LogP contribution is 2.43. The van der Waals surface area contributed by atoms with Crippen molar-refractivity contribution in [2.75, 3.05) is 0 Å². The van der Waals surface area contributed by atoms with E-state index < -0.39 is 134 Å². The van der Waals surface area contributed by atoms with Gasteiger partial charge in [-0.15, -0.1) is 10.2 Å². The first-order valence-corrected chi connectivity index (χ1v) is 21.1. The fourth-order valence-corrected chi connectivity index (χ4v) is 7.23. The first-order valence-electron chi connectivity index (χ1n) is 21.1. The third kappa shape index (κ3) is 16.7. The van der Waals surface area contributed by atoms with Gasteiger partial charge in [-0.1, -0.05) is 71.4 Å². The standard InChI is InChI=1S/C39H62N10O12/c1-5-22(4)32(37(61)43-27(20-23-9-7-6-8-10-23)36(60)45-39(17-18-39)38-46-48-49-47-38)44-35(59)26(19-21(2)3)42-34(58)25(12-15-30(53)54)41-33(57)24(11-14-29(51)52)40-28(50)13-16-31(55)56/h21-27,32H,5-20H2,1-4H3,(H,40,50)(H,41,57)(H,42,58)(H,43,61)(H,44,59)(H,45,60)(H,51,52)(H,53,54)(H,55,56)(H,46,47,48,49)/t22-,24-,25+,26-,27-,32-/m0/s1.